The molecule has 108 valence electrons. The molecule has 0 N–H and O–H groups in total. The van der Waals surface area contributed by atoms with Gasteiger partial charge in [-0.15, -0.1) is 0 Å². The predicted octanol–water partition coefficient (Wildman–Crippen LogP) is 1.04. The number of halogens is 1. The summed E-state index contributed by atoms with van der Waals surface area (Å²) in [6.07, 6.45) is 0. The minimum absolute atomic E-state index is 0.309. The molecule has 0 spiro atoms. The van der Waals surface area contributed by atoms with Crippen LogP contribution in [0.25, 0.3) is 0 Å². The topological polar surface area (TPSA) is 91.3 Å². The summed E-state index contributed by atoms with van der Waals surface area (Å²) in [5.74, 6) is -4.67. The summed E-state index contributed by atoms with van der Waals surface area (Å²) in [6.45, 7) is 4.84. The van der Waals surface area contributed by atoms with E-state index in [2.05, 4.69) is 30.7 Å². The molecule has 0 saturated heterocycles. The molecule has 0 heterocycles. The maximum absolute atomic E-state index is 11.9. The number of Topliss-reactive ketones (excluding diaryl/α,β-unsaturated/α-hetero) is 1. The molecule has 0 aliphatic rings. The van der Waals surface area contributed by atoms with Gasteiger partial charge in [-0.05, 0) is 36.7 Å². The summed E-state index contributed by atoms with van der Waals surface area (Å²) >= 11 is 2.81. The van der Waals surface area contributed by atoms with Gasteiger partial charge in [-0.1, -0.05) is 5.16 Å². The first-order valence-corrected chi connectivity index (χ1v) is 6.05. The Morgan fingerprint density at radius 1 is 1.11 bits per heavy atom. The van der Waals surface area contributed by atoms with Crippen LogP contribution in [0.5, 0.6) is 0 Å². The highest BCUT2D eigenvalue weighted by atomic mass is 79.9. The zero-order valence-corrected chi connectivity index (χ0v) is 12.9. The average molecular weight is 338 g/mol. The van der Waals surface area contributed by atoms with Crippen LogP contribution in [0.1, 0.15) is 20.8 Å². The maximum Gasteiger partial charge on any atom is 0.329 e. The molecular weight excluding hydrogens is 322 g/mol. The Kier molecular flexibility index (Phi) is 6.68. The third-order valence-corrected chi connectivity index (χ3v) is 2.25. The molecular formula is C11H16BrNO6. The second kappa shape index (κ2) is 7.22. The second-order valence-electron chi connectivity index (χ2n) is 4.42. The predicted molar refractivity (Wildman–Crippen MR) is 69.7 cm³/mol. The highest BCUT2D eigenvalue weighted by Crippen LogP contribution is 2.15. The summed E-state index contributed by atoms with van der Waals surface area (Å²) in [7, 11) is 2.28. The Bertz CT molecular complexity index is 398. The first kappa shape index (κ1) is 17.6. The fourth-order valence-electron chi connectivity index (χ4n) is 1.03. The van der Waals surface area contributed by atoms with Crippen molar-refractivity contribution >= 4 is 38.3 Å². The molecule has 0 radical (unpaired) electrons. The lowest BCUT2D eigenvalue weighted by molar-refractivity contribution is -0.168. The fourth-order valence-corrected chi connectivity index (χ4v) is 1.41. The van der Waals surface area contributed by atoms with Gasteiger partial charge in [0.2, 0.25) is 11.7 Å². The van der Waals surface area contributed by atoms with Crippen molar-refractivity contribution in [2.24, 2.45) is 11.1 Å². The standard InChI is InChI=1S/C11H16BrNO6/c1-11(2,3)19-10(16)6(9(15)17-4)7(14)8(12)13-18-5/h6H,1-5H3. The SMILES string of the molecule is CON=C(Br)C(=O)C(C(=O)OC)C(=O)OC(C)(C)C. The minimum Gasteiger partial charge on any atom is -0.468 e. The molecule has 19 heavy (non-hydrogen) atoms. The highest BCUT2D eigenvalue weighted by Gasteiger charge is 2.40. The van der Waals surface area contributed by atoms with Crippen LogP contribution in [0.4, 0.5) is 0 Å². The van der Waals surface area contributed by atoms with Gasteiger partial charge < -0.3 is 14.3 Å². The number of nitrogens with zero attached hydrogens (tertiary/aromatic N) is 1. The summed E-state index contributed by atoms with van der Waals surface area (Å²) in [6, 6.07) is 0. The van der Waals surface area contributed by atoms with Gasteiger partial charge in [-0.25, -0.2) is 0 Å². The van der Waals surface area contributed by atoms with Crippen LogP contribution < -0.4 is 0 Å². The maximum atomic E-state index is 11.9. The van der Waals surface area contributed by atoms with Crippen LogP contribution in [0, 0.1) is 5.92 Å². The van der Waals surface area contributed by atoms with Gasteiger partial charge in [-0.2, -0.15) is 0 Å². The number of hydrogen-bond donors (Lipinski definition) is 0. The summed E-state index contributed by atoms with van der Waals surface area (Å²) < 4.78 is 9.11. The van der Waals surface area contributed by atoms with E-state index < -0.39 is 29.2 Å². The van der Waals surface area contributed by atoms with E-state index in [1.165, 1.54) is 7.11 Å². The molecule has 7 nitrogen and oxygen atoms in total. The third-order valence-electron chi connectivity index (χ3n) is 1.72. The van der Waals surface area contributed by atoms with Gasteiger partial charge in [-0.3, -0.25) is 14.4 Å². The van der Waals surface area contributed by atoms with E-state index in [1.54, 1.807) is 20.8 Å². The molecule has 1 atom stereocenters. The molecule has 0 aromatic carbocycles. The Morgan fingerprint density at radius 3 is 2.00 bits per heavy atom. The first-order valence-electron chi connectivity index (χ1n) is 5.25. The summed E-state index contributed by atoms with van der Waals surface area (Å²) in [5, 5.41) is 3.31. The van der Waals surface area contributed by atoms with Crippen molar-refractivity contribution in [2.75, 3.05) is 14.2 Å². The van der Waals surface area contributed by atoms with E-state index in [9.17, 15) is 14.4 Å². The van der Waals surface area contributed by atoms with Gasteiger partial charge in [0.1, 0.15) is 12.7 Å². The van der Waals surface area contributed by atoms with Gasteiger partial charge in [0.15, 0.2) is 4.62 Å². The van der Waals surface area contributed by atoms with Gasteiger partial charge in [0.25, 0.3) is 0 Å². The molecule has 0 rings (SSSR count). The number of rotatable bonds is 5. The number of ketones is 1. The number of carbonyl (C=O) groups is 3. The second-order valence-corrected chi connectivity index (χ2v) is 5.17. The van der Waals surface area contributed by atoms with Gasteiger partial charge >= 0.3 is 11.9 Å². The van der Waals surface area contributed by atoms with Crippen molar-refractivity contribution in [1.82, 2.24) is 0 Å². The Morgan fingerprint density at radius 2 is 1.63 bits per heavy atom. The number of oxime groups is 1. The molecule has 0 aliphatic carbocycles. The molecule has 0 amide bonds. The number of ether oxygens (including phenoxy) is 2. The monoisotopic (exact) mass is 337 g/mol. The Hall–Kier alpha value is -1.44. The van der Waals surface area contributed by atoms with Crippen LogP contribution in [0.3, 0.4) is 0 Å². The number of esters is 2. The van der Waals surface area contributed by atoms with Crippen molar-refractivity contribution < 1.29 is 28.7 Å². The lowest BCUT2D eigenvalue weighted by Crippen LogP contribution is -2.40. The molecule has 0 aromatic rings. The van der Waals surface area contributed by atoms with Gasteiger partial charge in [0, 0.05) is 0 Å². The van der Waals surface area contributed by atoms with Crippen molar-refractivity contribution in [3.63, 3.8) is 0 Å². The third kappa shape index (κ3) is 5.82. The summed E-state index contributed by atoms with van der Waals surface area (Å²) in [4.78, 5) is 39.7. The Labute approximate surface area is 119 Å². The lowest BCUT2D eigenvalue weighted by Gasteiger charge is -2.22. The summed E-state index contributed by atoms with van der Waals surface area (Å²) in [5.41, 5.74) is -0.839. The fraction of sp³-hybridized carbons (Fsp3) is 0.636. The molecule has 0 aliphatic heterocycles. The van der Waals surface area contributed by atoms with Crippen LogP contribution >= 0.6 is 15.9 Å². The van der Waals surface area contributed by atoms with Crippen molar-refractivity contribution in [1.29, 1.82) is 0 Å². The van der Waals surface area contributed by atoms with Crippen LogP contribution in [-0.4, -0.2) is 42.2 Å². The number of carbonyl (C=O) groups excluding carboxylic acids is 3. The van der Waals surface area contributed by atoms with Crippen LogP contribution in [0.2, 0.25) is 0 Å². The number of methoxy groups -OCH3 is 1. The largest absolute Gasteiger partial charge is 0.468 e. The van der Waals surface area contributed by atoms with Crippen molar-refractivity contribution in [3.8, 4) is 0 Å². The number of hydrogen-bond acceptors (Lipinski definition) is 7. The molecule has 0 saturated carbocycles. The zero-order chi connectivity index (χ0) is 15.2. The van der Waals surface area contributed by atoms with Crippen molar-refractivity contribution in [3.05, 3.63) is 0 Å². The zero-order valence-electron chi connectivity index (χ0n) is 11.4. The van der Waals surface area contributed by atoms with Gasteiger partial charge in [0.05, 0.1) is 7.11 Å². The first-order chi connectivity index (χ1) is 8.64. The highest BCUT2D eigenvalue weighted by molar-refractivity contribution is 9.19. The Balaban J connectivity index is 5.24. The quantitative estimate of drug-likeness (QED) is 0.322. The average Bonchev–Trinajstić information content (AvgIpc) is 2.26. The van der Waals surface area contributed by atoms with Crippen molar-refractivity contribution in [2.45, 2.75) is 26.4 Å². The van der Waals surface area contributed by atoms with Crippen LogP contribution in [-0.2, 0) is 28.7 Å². The molecule has 0 bridgehead atoms. The van der Waals surface area contributed by atoms with E-state index in [1.807, 2.05) is 0 Å². The molecule has 8 heteroatoms. The van der Waals surface area contributed by atoms with E-state index in [0.717, 1.165) is 7.11 Å². The van der Waals surface area contributed by atoms with E-state index >= 15 is 0 Å². The molecule has 0 fully saturated rings. The smallest absolute Gasteiger partial charge is 0.329 e. The molecule has 0 aromatic heterocycles. The minimum atomic E-state index is -1.74. The van der Waals surface area contributed by atoms with E-state index in [-0.39, 0.29) is 4.62 Å². The lowest BCUT2D eigenvalue weighted by atomic mass is 10.0. The molecule has 1 unspecified atom stereocenters. The normalized spacial score (nSPS) is 13.5. The van der Waals surface area contributed by atoms with Crippen LogP contribution in [0.15, 0.2) is 5.16 Å². The van der Waals surface area contributed by atoms with E-state index in [4.69, 9.17) is 4.74 Å². The van der Waals surface area contributed by atoms with E-state index in [0.29, 0.717) is 0 Å².